The Balaban J connectivity index is 2.30. The highest BCUT2D eigenvalue weighted by atomic mass is 15.4. The Morgan fingerprint density at radius 2 is 1.95 bits per heavy atom. The van der Waals surface area contributed by atoms with E-state index in [1.165, 1.54) is 5.56 Å². The number of hydrogen-bond acceptors (Lipinski definition) is 4. The van der Waals surface area contributed by atoms with Crippen molar-refractivity contribution in [2.24, 2.45) is 7.05 Å². The molecule has 2 heterocycles. The van der Waals surface area contributed by atoms with Gasteiger partial charge < -0.3 is 10.6 Å². The highest BCUT2D eigenvalue weighted by molar-refractivity contribution is 5.66. The minimum Gasteiger partial charge on any atom is -0.394 e. The Morgan fingerprint density at radius 1 is 1.26 bits per heavy atom. The topological polar surface area (TPSA) is 60.0 Å². The van der Waals surface area contributed by atoms with Gasteiger partial charge in [0.15, 0.2) is 5.82 Å². The lowest BCUT2D eigenvalue weighted by atomic mass is 10.2. The molecule has 0 amide bonds. The average Bonchev–Trinajstić information content (AvgIpc) is 2.72. The van der Waals surface area contributed by atoms with Crippen molar-refractivity contribution in [1.82, 2.24) is 14.8 Å². The Bertz CT molecular complexity index is 532. The lowest BCUT2D eigenvalue weighted by molar-refractivity contribution is 0.701. The molecule has 0 bridgehead atoms. The minimum absolute atomic E-state index is 0.793. The number of aromatic nitrogens is 3. The number of nitrogens with two attached hydrogens (primary N) is 1. The van der Waals surface area contributed by atoms with Crippen LogP contribution < -0.4 is 10.6 Å². The molecule has 2 aromatic rings. The van der Waals surface area contributed by atoms with Gasteiger partial charge in [-0.1, -0.05) is 6.92 Å². The Labute approximate surface area is 114 Å². The molecule has 0 unspecified atom stereocenters. The first-order chi connectivity index (χ1) is 9.17. The van der Waals surface area contributed by atoms with Crippen molar-refractivity contribution in [3.63, 3.8) is 0 Å². The summed E-state index contributed by atoms with van der Waals surface area (Å²) >= 11 is 0. The molecular weight excluding hydrogens is 238 g/mol. The quantitative estimate of drug-likeness (QED) is 0.892. The summed E-state index contributed by atoms with van der Waals surface area (Å²) in [6.07, 6.45) is 4.48. The number of nitrogens with zero attached hydrogens (tertiary/aromatic N) is 4. The van der Waals surface area contributed by atoms with Crippen molar-refractivity contribution in [1.29, 1.82) is 0 Å². The summed E-state index contributed by atoms with van der Waals surface area (Å²) in [4.78, 5) is 6.28. The van der Waals surface area contributed by atoms with E-state index in [9.17, 15) is 0 Å². The lowest BCUT2D eigenvalue weighted by Gasteiger charge is -2.23. The van der Waals surface area contributed by atoms with Gasteiger partial charge in [-0.05, 0) is 31.0 Å². The number of pyridine rings is 1. The third kappa shape index (κ3) is 2.70. The molecule has 0 aliphatic rings. The third-order valence-electron chi connectivity index (χ3n) is 3.27. The maximum Gasteiger partial charge on any atom is 0.150 e. The van der Waals surface area contributed by atoms with Crippen LogP contribution in [0.1, 0.15) is 25.1 Å². The number of anilines is 2. The van der Waals surface area contributed by atoms with Crippen LogP contribution in [0.2, 0.25) is 0 Å². The van der Waals surface area contributed by atoms with Crippen LogP contribution in [0, 0.1) is 0 Å². The van der Waals surface area contributed by atoms with Gasteiger partial charge >= 0.3 is 0 Å². The first kappa shape index (κ1) is 13.4. The predicted molar refractivity (Wildman–Crippen MR) is 78.0 cm³/mol. The minimum atomic E-state index is 0.793. The average molecular weight is 259 g/mol. The Hall–Kier alpha value is -2.04. The SMILES string of the molecule is CCc1nn(C)c(N(CC)Cc2ccncc2)c1N. The summed E-state index contributed by atoms with van der Waals surface area (Å²) in [6, 6.07) is 4.05. The van der Waals surface area contributed by atoms with E-state index >= 15 is 0 Å². The second kappa shape index (κ2) is 5.73. The Morgan fingerprint density at radius 3 is 2.47 bits per heavy atom. The van der Waals surface area contributed by atoms with E-state index in [4.69, 9.17) is 5.73 Å². The number of rotatable bonds is 5. The second-order valence-electron chi connectivity index (χ2n) is 4.53. The van der Waals surface area contributed by atoms with Crippen molar-refractivity contribution in [2.75, 3.05) is 17.2 Å². The molecule has 5 nitrogen and oxygen atoms in total. The van der Waals surface area contributed by atoms with E-state index < -0.39 is 0 Å². The lowest BCUT2D eigenvalue weighted by Crippen LogP contribution is -2.25. The van der Waals surface area contributed by atoms with Crippen LogP contribution >= 0.6 is 0 Å². The van der Waals surface area contributed by atoms with E-state index in [1.54, 1.807) is 0 Å². The van der Waals surface area contributed by atoms with Crippen LogP contribution in [0.3, 0.4) is 0 Å². The molecule has 2 rings (SSSR count). The normalized spacial score (nSPS) is 10.7. The molecule has 0 aliphatic heterocycles. The van der Waals surface area contributed by atoms with Crippen molar-refractivity contribution in [3.8, 4) is 0 Å². The van der Waals surface area contributed by atoms with Gasteiger partial charge in [-0.15, -0.1) is 0 Å². The summed E-state index contributed by atoms with van der Waals surface area (Å²) in [7, 11) is 1.94. The molecule has 0 saturated carbocycles. The molecule has 19 heavy (non-hydrogen) atoms. The number of nitrogen functional groups attached to an aromatic ring is 1. The fraction of sp³-hybridized carbons (Fsp3) is 0.429. The first-order valence-corrected chi connectivity index (χ1v) is 6.62. The summed E-state index contributed by atoms with van der Waals surface area (Å²) < 4.78 is 1.87. The fourth-order valence-electron chi connectivity index (χ4n) is 2.27. The fourth-order valence-corrected chi connectivity index (χ4v) is 2.27. The van der Waals surface area contributed by atoms with Crippen molar-refractivity contribution < 1.29 is 0 Å². The van der Waals surface area contributed by atoms with Crippen LogP contribution in [0.15, 0.2) is 24.5 Å². The van der Waals surface area contributed by atoms with Gasteiger partial charge in [0.1, 0.15) is 0 Å². The molecule has 0 spiro atoms. The molecule has 0 radical (unpaired) electrons. The van der Waals surface area contributed by atoms with Gasteiger partial charge in [0.25, 0.3) is 0 Å². The van der Waals surface area contributed by atoms with Crippen molar-refractivity contribution in [3.05, 3.63) is 35.8 Å². The predicted octanol–water partition coefficient (Wildman–Crippen LogP) is 1.99. The maximum atomic E-state index is 6.21. The van der Waals surface area contributed by atoms with Gasteiger partial charge in [0.2, 0.25) is 0 Å². The van der Waals surface area contributed by atoms with Crippen LogP contribution in [0.25, 0.3) is 0 Å². The molecule has 0 saturated heterocycles. The molecule has 0 aromatic carbocycles. The van der Waals surface area contributed by atoms with E-state index in [2.05, 4.69) is 28.8 Å². The summed E-state index contributed by atoms with van der Waals surface area (Å²) in [6.45, 7) is 5.89. The molecule has 5 heteroatoms. The standard InChI is InChI=1S/C14H21N5/c1-4-12-13(15)14(18(3)17-12)19(5-2)10-11-6-8-16-9-7-11/h6-9H,4-5,10,15H2,1-3H3. The second-order valence-corrected chi connectivity index (χ2v) is 4.53. The molecule has 2 aromatic heterocycles. The van der Waals surface area contributed by atoms with Crippen molar-refractivity contribution in [2.45, 2.75) is 26.8 Å². The van der Waals surface area contributed by atoms with E-state index in [0.717, 1.165) is 36.7 Å². The summed E-state index contributed by atoms with van der Waals surface area (Å²) in [5, 5.41) is 4.48. The van der Waals surface area contributed by atoms with E-state index in [0.29, 0.717) is 0 Å². The van der Waals surface area contributed by atoms with Gasteiger partial charge in [-0.3, -0.25) is 9.67 Å². The summed E-state index contributed by atoms with van der Waals surface area (Å²) in [5.41, 5.74) is 9.18. The van der Waals surface area contributed by atoms with Crippen LogP contribution in [-0.2, 0) is 20.0 Å². The zero-order chi connectivity index (χ0) is 13.8. The molecule has 2 N–H and O–H groups in total. The highest BCUT2D eigenvalue weighted by Crippen LogP contribution is 2.27. The van der Waals surface area contributed by atoms with Crippen LogP contribution in [0.4, 0.5) is 11.5 Å². The van der Waals surface area contributed by atoms with E-state index in [1.807, 2.05) is 36.3 Å². The molecule has 0 fully saturated rings. The maximum absolute atomic E-state index is 6.21. The van der Waals surface area contributed by atoms with Gasteiger partial charge in [0.05, 0.1) is 11.4 Å². The van der Waals surface area contributed by atoms with Gasteiger partial charge in [-0.2, -0.15) is 5.10 Å². The van der Waals surface area contributed by atoms with Crippen LogP contribution in [-0.4, -0.2) is 21.3 Å². The molecule has 0 aliphatic carbocycles. The van der Waals surface area contributed by atoms with Gasteiger partial charge in [0, 0.05) is 32.5 Å². The monoisotopic (exact) mass is 259 g/mol. The smallest absolute Gasteiger partial charge is 0.150 e. The van der Waals surface area contributed by atoms with Crippen molar-refractivity contribution >= 4 is 11.5 Å². The molecular formula is C14H21N5. The molecule has 102 valence electrons. The number of hydrogen-bond donors (Lipinski definition) is 1. The van der Waals surface area contributed by atoms with Crippen LogP contribution in [0.5, 0.6) is 0 Å². The van der Waals surface area contributed by atoms with Gasteiger partial charge in [-0.25, -0.2) is 0 Å². The molecule has 0 atom stereocenters. The summed E-state index contributed by atoms with van der Waals surface area (Å²) in [5.74, 6) is 0.996. The van der Waals surface area contributed by atoms with E-state index in [-0.39, 0.29) is 0 Å². The number of aryl methyl sites for hydroxylation is 2. The largest absolute Gasteiger partial charge is 0.394 e. The zero-order valence-corrected chi connectivity index (χ0v) is 11.8. The Kier molecular flexibility index (Phi) is 4.04. The highest BCUT2D eigenvalue weighted by Gasteiger charge is 2.17. The zero-order valence-electron chi connectivity index (χ0n) is 11.8. The first-order valence-electron chi connectivity index (χ1n) is 6.62. The third-order valence-corrected chi connectivity index (χ3v) is 3.27.